The van der Waals surface area contributed by atoms with Gasteiger partial charge in [0, 0.05) is 24.0 Å². The van der Waals surface area contributed by atoms with Crippen LogP contribution in [0.5, 0.6) is 0 Å². The number of nitrogens with one attached hydrogen (secondary N) is 1. The maximum atomic E-state index is 4.36. The summed E-state index contributed by atoms with van der Waals surface area (Å²) in [4.78, 5) is 4.36. The van der Waals surface area contributed by atoms with Gasteiger partial charge in [0.25, 0.3) is 0 Å². The van der Waals surface area contributed by atoms with Gasteiger partial charge < -0.3 is 5.32 Å². The summed E-state index contributed by atoms with van der Waals surface area (Å²) in [6.07, 6.45) is 5.16. The summed E-state index contributed by atoms with van der Waals surface area (Å²) < 4.78 is 0. The number of nitrogens with zero attached hydrogens (tertiary/aromatic N) is 1. The van der Waals surface area contributed by atoms with E-state index in [0.29, 0.717) is 12.1 Å². The van der Waals surface area contributed by atoms with E-state index in [9.17, 15) is 0 Å². The van der Waals surface area contributed by atoms with Crippen LogP contribution in [0.2, 0.25) is 0 Å². The molecule has 15 heavy (non-hydrogen) atoms. The van der Waals surface area contributed by atoms with E-state index in [1.54, 1.807) is 0 Å². The van der Waals surface area contributed by atoms with Gasteiger partial charge >= 0.3 is 0 Å². The highest BCUT2D eigenvalue weighted by atomic mass is 32.2. The molecule has 2 nitrogen and oxygen atoms in total. The van der Waals surface area contributed by atoms with Crippen LogP contribution in [0.3, 0.4) is 0 Å². The first kappa shape index (κ1) is 12.5. The molecule has 0 aliphatic rings. The highest BCUT2D eigenvalue weighted by molar-refractivity contribution is 7.98. The van der Waals surface area contributed by atoms with Gasteiger partial charge in [0.15, 0.2) is 0 Å². The van der Waals surface area contributed by atoms with Crippen molar-refractivity contribution in [1.82, 2.24) is 10.3 Å². The predicted octanol–water partition coefficient (Wildman–Crippen LogP) is 2.87. The summed E-state index contributed by atoms with van der Waals surface area (Å²) in [5.41, 5.74) is 1.12. The number of thioether (sulfide) groups is 1. The second-order valence-electron chi connectivity index (χ2n) is 3.70. The molecule has 0 radical (unpaired) electrons. The monoisotopic (exact) mass is 224 g/mol. The number of hydrogen-bond donors (Lipinski definition) is 1. The van der Waals surface area contributed by atoms with Crippen molar-refractivity contribution in [2.45, 2.75) is 32.4 Å². The third-order valence-corrected chi connectivity index (χ3v) is 3.21. The van der Waals surface area contributed by atoms with Crippen molar-refractivity contribution in [3.63, 3.8) is 0 Å². The fourth-order valence-corrected chi connectivity index (χ4v) is 2.29. The lowest BCUT2D eigenvalue weighted by Gasteiger charge is -2.21. The van der Waals surface area contributed by atoms with E-state index in [1.165, 1.54) is 0 Å². The van der Waals surface area contributed by atoms with Crippen molar-refractivity contribution in [3.8, 4) is 0 Å². The van der Waals surface area contributed by atoms with Gasteiger partial charge in [-0.2, -0.15) is 11.8 Å². The normalized spacial score (nSPS) is 14.9. The third kappa shape index (κ3) is 4.22. The minimum Gasteiger partial charge on any atom is -0.305 e. The smallest absolute Gasteiger partial charge is 0.0570 e. The molecule has 1 rings (SSSR count). The van der Waals surface area contributed by atoms with Crippen LogP contribution in [0.1, 0.15) is 32.0 Å². The predicted molar refractivity (Wildman–Crippen MR) is 68.2 cm³/mol. The van der Waals surface area contributed by atoms with Crippen LogP contribution in [-0.4, -0.2) is 23.0 Å². The molecule has 2 unspecified atom stereocenters. The molecule has 0 spiro atoms. The first-order chi connectivity index (χ1) is 7.27. The van der Waals surface area contributed by atoms with E-state index in [2.05, 4.69) is 36.5 Å². The molecule has 0 amide bonds. The van der Waals surface area contributed by atoms with E-state index in [0.717, 1.165) is 17.9 Å². The summed E-state index contributed by atoms with van der Waals surface area (Å²) in [5.74, 6) is 1.16. The first-order valence-electron chi connectivity index (χ1n) is 5.43. The van der Waals surface area contributed by atoms with Gasteiger partial charge in [0.1, 0.15) is 0 Å². The van der Waals surface area contributed by atoms with Gasteiger partial charge in [-0.1, -0.05) is 13.0 Å². The highest BCUT2D eigenvalue weighted by Crippen LogP contribution is 2.11. The van der Waals surface area contributed by atoms with Crippen molar-refractivity contribution in [3.05, 3.63) is 30.1 Å². The van der Waals surface area contributed by atoms with Gasteiger partial charge in [0.05, 0.1) is 5.69 Å². The maximum absolute atomic E-state index is 4.36. The topological polar surface area (TPSA) is 24.9 Å². The molecule has 2 atom stereocenters. The molecule has 0 aliphatic carbocycles. The Morgan fingerprint density at radius 3 is 2.80 bits per heavy atom. The maximum Gasteiger partial charge on any atom is 0.0570 e. The fraction of sp³-hybridized carbons (Fsp3) is 0.583. The molecule has 0 bridgehead atoms. The molecule has 1 N–H and O–H groups in total. The lowest BCUT2D eigenvalue weighted by molar-refractivity contribution is 0.468. The van der Waals surface area contributed by atoms with Gasteiger partial charge in [-0.05, 0) is 31.7 Å². The summed E-state index contributed by atoms with van der Waals surface area (Å²) >= 11 is 1.89. The molecule has 84 valence electrons. The Hall–Kier alpha value is -0.540. The standard InChI is InChI=1S/C12H20N2S/c1-4-11(9-15-3)14-10(2)12-7-5-6-8-13-12/h5-8,10-11,14H,4,9H2,1-3H3. The third-order valence-electron chi connectivity index (χ3n) is 2.48. The molecular formula is C12H20N2S. The van der Waals surface area contributed by atoms with Crippen LogP contribution >= 0.6 is 11.8 Å². The summed E-state index contributed by atoms with van der Waals surface area (Å²) in [6.45, 7) is 4.39. The Labute approximate surface area is 96.9 Å². The van der Waals surface area contributed by atoms with Crippen molar-refractivity contribution in [1.29, 1.82) is 0 Å². The molecule has 0 saturated heterocycles. The van der Waals surface area contributed by atoms with E-state index < -0.39 is 0 Å². The van der Waals surface area contributed by atoms with Gasteiger partial charge in [-0.3, -0.25) is 4.98 Å². The zero-order valence-electron chi connectivity index (χ0n) is 9.73. The van der Waals surface area contributed by atoms with Crippen LogP contribution in [0.4, 0.5) is 0 Å². The molecule has 1 aromatic heterocycles. The average Bonchev–Trinajstić information content (AvgIpc) is 2.29. The SMILES string of the molecule is CCC(CSC)NC(C)c1ccccn1. The van der Waals surface area contributed by atoms with Crippen LogP contribution < -0.4 is 5.32 Å². The molecule has 3 heteroatoms. The second-order valence-corrected chi connectivity index (χ2v) is 4.61. The molecular weight excluding hydrogens is 204 g/mol. The van der Waals surface area contributed by atoms with Crippen molar-refractivity contribution >= 4 is 11.8 Å². The average molecular weight is 224 g/mol. The lowest BCUT2D eigenvalue weighted by Crippen LogP contribution is -2.33. The molecule has 1 heterocycles. The number of hydrogen-bond acceptors (Lipinski definition) is 3. The molecule has 1 aromatic rings. The van der Waals surface area contributed by atoms with Crippen LogP contribution in [0.25, 0.3) is 0 Å². The van der Waals surface area contributed by atoms with Crippen molar-refractivity contribution < 1.29 is 0 Å². The molecule has 0 fully saturated rings. The van der Waals surface area contributed by atoms with Crippen LogP contribution in [0, 0.1) is 0 Å². The Balaban J connectivity index is 2.50. The Bertz CT molecular complexity index is 264. The highest BCUT2D eigenvalue weighted by Gasteiger charge is 2.11. The molecule has 0 aromatic carbocycles. The van der Waals surface area contributed by atoms with Crippen molar-refractivity contribution in [2.75, 3.05) is 12.0 Å². The number of rotatable bonds is 6. The van der Waals surface area contributed by atoms with Gasteiger partial charge in [-0.15, -0.1) is 0 Å². The zero-order valence-corrected chi connectivity index (χ0v) is 10.6. The van der Waals surface area contributed by atoms with E-state index in [4.69, 9.17) is 0 Å². The van der Waals surface area contributed by atoms with E-state index >= 15 is 0 Å². The Morgan fingerprint density at radius 2 is 2.27 bits per heavy atom. The molecule has 0 aliphatic heterocycles. The van der Waals surface area contributed by atoms with Gasteiger partial charge in [0.2, 0.25) is 0 Å². The second kappa shape index (κ2) is 6.85. The minimum atomic E-state index is 0.336. The quantitative estimate of drug-likeness (QED) is 0.804. The van der Waals surface area contributed by atoms with Crippen LogP contribution in [-0.2, 0) is 0 Å². The molecule has 0 saturated carbocycles. The summed E-state index contributed by atoms with van der Waals surface area (Å²) in [6, 6.07) is 6.98. The first-order valence-corrected chi connectivity index (χ1v) is 6.83. The van der Waals surface area contributed by atoms with Crippen LogP contribution in [0.15, 0.2) is 24.4 Å². The van der Waals surface area contributed by atoms with Crippen molar-refractivity contribution in [2.24, 2.45) is 0 Å². The van der Waals surface area contributed by atoms with E-state index in [1.807, 2.05) is 30.1 Å². The Morgan fingerprint density at radius 1 is 1.47 bits per heavy atom. The van der Waals surface area contributed by atoms with Gasteiger partial charge in [-0.25, -0.2) is 0 Å². The fourth-order valence-electron chi connectivity index (χ4n) is 1.56. The summed E-state index contributed by atoms with van der Waals surface area (Å²) in [7, 11) is 0. The summed E-state index contributed by atoms with van der Waals surface area (Å²) in [5, 5.41) is 3.60. The Kier molecular flexibility index (Phi) is 5.73. The van der Waals surface area contributed by atoms with E-state index in [-0.39, 0.29) is 0 Å². The largest absolute Gasteiger partial charge is 0.305 e. The zero-order chi connectivity index (χ0) is 11.1. The lowest BCUT2D eigenvalue weighted by atomic mass is 10.1. The number of aromatic nitrogens is 1. The number of pyridine rings is 1. The minimum absolute atomic E-state index is 0.336.